The van der Waals surface area contributed by atoms with Crippen molar-refractivity contribution in [2.24, 2.45) is 0 Å². The first kappa shape index (κ1) is 13.8. The number of aromatic amines is 1. The summed E-state index contributed by atoms with van der Waals surface area (Å²) in [4.78, 5) is 12.6. The van der Waals surface area contributed by atoms with Crippen LogP contribution >= 0.6 is 11.3 Å². The number of nitrogens with zero attached hydrogens (tertiary/aromatic N) is 1. The van der Waals surface area contributed by atoms with Gasteiger partial charge in [0.05, 0.1) is 6.42 Å². The normalized spacial score (nSPS) is 11.5. The van der Waals surface area contributed by atoms with Crippen molar-refractivity contribution in [3.8, 4) is 0 Å². The van der Waals surface area contributed by atoms with E-state index < -0.39 is 15.9 Å². The van der Waals surface area contributed by atoms with Crippen LogP contribution in [0.2, 0.25) is 0 Å². The van der Waals surface area contributed by atoms with E-state index in [1.807, 2.05) is 6.92 Å². The number of thiophene rings is 1. The van der Waals surface area contributed by atoms with E-state index in [0.717, 1.165) is 16.2 Å². The van der Waals surface area contributed by atoms with Crippen LogP contribution in [0.4, 0.5) is 0 Å². The summed E-state index contributed by atoms with van der Waals surface area (Å²) in [5, 5.41) is 6.30. The van der Waals surface area contributed by atoms with Crippen molar-refractivity contribution >= 4 is 27.3 Å². The standard InChI is InChI=1S/C11H13N3O3S2/c1-7-5-8(2)18-11(7)19(16,17)14-10(15)6-9-3-4-12-13-9/h3-5H,6H2,1-2H3,(H,12,13)(H,14,15). The number of H-pyrrole nitrogens is 1. The Morgan fingerprint density at radius 1 is 1.47 bits per heavy atom. The molecule has 0 aliphatic carbocycles. The number of amides is 1. The molecule has 2 aromatic rings. The fraction of sp³-hybridized carbons (Fsp3) is 0.273. The fourth-order valence-electron chi connectivity index (χ4n) is 1.68. The summed E-state index contributed by atoms with van der Waals surface area (Å²) in [5.41, 5.74) is 1.20. The maximum Gasteiger partial charge on any atom is 0.273 e. The third kappa shape index (κ3) is 3.21. The second kappa shape index (κ2) is 5.14. The number of hydrogen-bond donors (Lipinski definition) is 2. The first-order valence-corrected chi connectivity index (χ1v) is 7.79. The average Bonchev–Trinajstić information content (AvgIpc) is 2.87. The lowest BCUT2D eigenvalue weighted by atomic mass is 10.3. The van der Waals surface area contributed by atoms with Gasteiger partial charge in [0, 0.05) is 16.8 Å². The van der Waals surface area contributed by atoms with Crippen LogP contribution in [-0.2, 0) is 21.2 Å². The molecule has 1 amide bonds. The Labute approximate surface area is 114 Å². The highest BCUT2D eigenvalue weighted by Gasteiger charge is 2.22. The van der Waals surface area contributed by atoms with Crippen LogP contribution in [0, 0.1) is 13.8 Å². The van der Waals surface area contributed by atoms with E-state index in [9.17, 15) is 13.2 Å². The number of rotatable bonds is 4. The van der Waals surface area contributed by atoms with Crippen molar-refractivity contribution in [2.75, 3.05) is 0 Å². The van der Waals surface area contributed by atoms with Crippen molar-refractivity contribution in [2.45, 2.75) is 24.5 Å². The lowest BCUT2D eigenvalue weighted by Gasteiger charge is -2.05. The van der Waals surface area contributed by atoms with Crippen LogP contribution < -0.4 is 4.72 Å². The summed E-state index contributed by atoms with van der Waals surface area (Å²) in [7, 11) is -3.79. The SMILES string of the molecule is Cc1cc(C)c(S(=O)(=O)NC(=O)Cc2ccn[nH]2)s1. The molecule has 2 heterocycles. The molecule has 0 unspecified atom stereocenters. The Bertz CT molecular complexity index is 687. The van der Waals surface area contributed by atoms with Crippen molar-refractivity contribution in [3.63, 3.8) is 0 Å². The van der Waals surface area contributed by atoms with E-state index in [1.54, 1.807) is 19.1 Å². The summed E-state index contributed by atoms with van der Waals surface area (Å²) in [5.74, 6) is -0.588. The predicted octanol–water partition coefficient (Wildman–Crippen LogP) is 1.14. The monoisotopic (exact) mass is 299 g/mol. The van der Waals surface area contributed by atoms with E-state index >= 15 is 0 Å². The zero-order valence-corrected chi connectivity index (χ0v) is 12.1. The Morgan fingerprint density at radius 3 is 2.74 bits per heavy atom. The Morgan fingerprint density at radius 2 is 2.21 bits per heavy atom. The maximum atomic E-state index is 12.1. The van der Waals surface area contributed by atoms with Gasteiger partial charge in [-0.1, -0.05) is 0 Å². The van der Waals surface area contributed by atoms with Crippen molar-refractivity contribution in [3.05, 3.63) is 34.5 Å². The zero-order chi connectivity index (χ0) is 14.0. The quantitative estimate of drug-likeness (QED) is 0.885. The van der Waals surface area contributed by atoms with Crippen LogP contribution in [0.1, 0.15) is 16.1 Å². The molecule has 0 saturated heterocycles. The number of hydrogen-bond acceptors (Lipinski definition) is 5. The number of carbonyl (C=O) groups excluding carboxylic acids is 1. The lowest BCUT2D eigenvalue weighted by molar-refractivity contribution is -0.118. The van der Waals surface area contributed by atoms with Crippen LogP contribution in [0.3, 0.4) is 0 Å². The Kier molecular flexibility index (Phi) is 3.72. The van der Waals surface area contributed by atoms with Crippen molar-refractivity contribution < 1.29 is 13.2 Å². The molecular formula is C11H13N3O3S2. The molecule has 0 spiro atoms. The number of sulfonamides is 1. The van der Waals surface area contributed by atoms with Gasteiger partial charge in [-0.3, -0.25) is 9.89 Å². The minimum Gasteiger partial charge on any atom is -0.282 e. The van der Waals surface area contributed by atoms with E-state index in [0.29, 0.717) is 11.3 Å². The molecule has 0 radical (unpaired) electrons. The average molecular weight is 299 g/mol. The number of aryl methyl sites for hydroxylation is 2. The first-order valence-electron chi connectivity index (χ1n) is 5.49. The molecule has 0 bridgehead atoms. The minimum absolute atomic E-state index is 0.0529. The van der Waals surface area contributed by atoms with Crippen LogP contribution in [-0.4, -0.2) is 24.5 Å². The maximum absolute atomic E-state index is 12.1. The number of aromatic nitrogens is 2. The van der Waals surface area contributed by atoms with Crippen molar-refractivity contribution in [1.82, 2.24) is 14.9 Å². The lowest BCUT2D eigenvalue weighted by Crippen LogP contribution is -2.31. The summed E-state index contributed by atoms with van der Waals surface area (Å²) in [6.07, 6.45) is 1.45. The largest absolute Gasteiger partial charge is 0.282 e. The van der Waals surface area contributed by atoms with Crippen LogP contribution in [0.15, 0.2) is 22.5 Å². The third-order valence-corrected chi connectivity index (χ3v) is 5.56. The number of carbonyl (C=O) groups is 1. The Hall–Kier alpha value is -1.67. The van der Waals surface area contributed by atoms with Gasteiger partial charge in [0.1, 0.15) is 4.21 Å². The summed E-state index contributed by atoms with van der Waals surface area (Å²) >= 11 is 1.15. The Balaban J connectivity index is 2.13. The van der Waals surface area contributed by atoms with Gasteiger partial charge in [-0.05, 0) is 31.5 Å². The zero-order valence-electron chi connectivity index (χ0n) is 10.4. The molecule has 0 atom stereocenters. The van der Waals surface area contributed by atoms with E-state index in [-0.39, 0.29) is 10.6 Å². The van der Waals surface area contributed by atoms with E-state index in [2.05, 4.69) is 14.9 Å². The first-order chi connectivity index (χ1) is 8.88. The van der Waals surface area contributed by atoms with Gasteiger partial charge >= 0.3 is 0 Å². The molecule has 0 fully saturated rings. The van der Waals surface area contributed by atoms with Gasteiger partial charge < -0.3 is 0 Å². The van der Waals surface area contributed by atoms with Crippen molar-refractivity contribution in [1.29, 1.82) is 0 Å². The van der Waals surface area contributed by atoms with Gasteiger partial charge in [0.2, 0.25) is 5.91 Å². The van der Waals surface area contributed by atoms with E-state index in [1.165, 1.54) is 6.20 Å². The van der Waals surface area contributed by atoms with E-state index in [4.69, 9.17) is 0 Å². The molecule has 0 aromatic carbocycles. The second-order valence-electron chi connectivity index (χ2n) is 4.11. The van der Waals surface area contributed by atoms with Gasteiger partial charge in [-0.2, -0.15) is 5.10 Å². The topological polar surface area (TPSA) is 91.9 Å². The highest BCUT2D eigenvalue weighted by molar-refractivity contribution is 7.92. The summed E-state index contributed by atoms with van der Waals surface area (Å²) < 4.78 is 26.4. The molecule has 6 nitrogen and oxygen atoms in total. The molecular weight excluding hydrogens is 286 g/mol. The molecule has 8 heteroatoms. The van der Waals surface area contributed by atoms with Gasteiger partial charge in [0.25, 0.3) is 10.0 Å². The second-order valence-corrected chi connectivity index (χ2v) is 7.25. The van der Waals surface area contributed by atoms with Gasteiger partial charge in [0.15, 0.2) is 0 Å². The third-order valence-electron chi connectivity index (χ3n) is 2.40. The molecule has 2 N–H and O–H groups in total. The molecule has 0 aliphatic heterocycles. The fourth-order valence-corrected chi connectivity index (χ4v) is 4.33. The van der Waals surface area contributed by atoms with Gasteiger partial charge in [-0.25, -0.2) is 13.1 Å². The molecule has 0 aliphatic rings. The van der Waals surface area contributed by atoms with Crippen LogP contribution in [0.25, 0.3) is 0 Å². The molecule has 0 saturated carbocycles. The predicted molar refractivity (Wildman–Crippen MR) is 71.4 cm³/mol. The highest BCUT2D eigenvalue weighted by Crippen LogP contribution is 2.25. The number of nitrogens with one attached hydrogen (secondary N) is 2. The molecule has 102 valence electrons. The van der Waals surface area contributed by atoms with Crippen LogP contribution in [0.5, 0.6) is 0 Å². The summed E-state index contributed by atoms with van der Waals surface area (Å²) in [6, 6.07) is 3.39. The molecule has 2 aromatic heterocycles. The highest BCUT2D eigenvalue weighted by atomic mass is 32.2. The smallest absolute Gasteiger partial charge is 0.273 e. The molecule has 2 rings (SSSR count). The van der Waals surface area contributed by atoms with Gasteiger partial charge in [-0.15, -0.1) is 11.3 Å². The minimum atomic E-state index is -3.79. The molecule has 19 heavy (non-hydrogen) atoms. The summed E-state index contributed by atoms with van der Waals surface area (Å²) in [6.45, 7) is 3.53.